The van der Waals surface area contributed by atoms with Gasteiger partial charge in [0.1, 0.15) is 17.3 Å². The second kappa shape index (κ2) is 4.18. The molecular weight excluding hydrogens is 226 g/mol. The Labute approximate surface area is 105 Å². The Morgan fingerprint density at radius 3 is 3.00 bits per heavy atom. The Hall–Kier alpha value is -2.30. The Morgan fingerprint density at radius 1 is 1.33 bits per heavy atom. The van der Waals surface area contributed by atoms with E-state index >= 15 is 0 Å². The van der Waals surface area contributed by atoms with E-state index in [2.05, 4.69) is 25.9 Å². The number of aryl methyl sites for hydroxylation is 1. The predicted octanol–water partition coefficient (Wildman–Crippen LogP) is 1.93. The van der Waals surface area contributed by atoms with Crippen molar-refractivity contribution in [2.75, 3.05) is 11.9 Å². The van der Waals surface area contributed by atoms with E-state index in [0.717, 1.165) is 29.2 Å². The number of imidazole rings is 1. The average molecular weight is 241 g/mol. The fourth-order valence-corrected chi connectivity index (χ4v) is 1.97. The number of nitrogens with one attached hydrogen (secondary N) is 1. The maximum absolute atomic E-state index is 4.58. The number of fused-ring (bicyclic) bond motifs is 1. The number of rotatable bonds is 3. The van der Waals surface area contributed by atoms with Crippen LogP contribution < -0.4 is 4.90 Å². The summed E-state index contributed by atoms with van der Waals surface area (Å²) < 4.78 is 2.02. The number of hydrogen-bond acceptors (Lipinski definition) is 3. The Bertz CT molecular complexity index is 667. The van der Waals surface area contributed by atoms with Crippen LogP contribution in [0.15, 0.2) is 36.8 Å². The fourth-order valence-electron chi connectivity index (χ4n) is 1.97. The molecule has 0 atom stereocenters. The fraction of sp³-hybridized carbons (Fsp3) is 0.231. The third-order valence-corrected chi connectivity index (χ3v) is 3.09. The highest BCUT2D eigenvalue weighted by Gasteiger charge is 2.07. The first-order chi connectivity index (χ1) is 8.74. The summed E-state index contributed by atoms with van der Waals surface area (Å²) in [5.74, 6) is 1.96. The first-order valence-corrected chi connectivity index (χ1v) is 5.85. The molecule has 3 heterocycles. The molecule has 18 heavy (non-hydrogen) atoms. The quantitative estimate of drug-likeness (QED) is 0.762. The van der Waals surface area contributed by atoms with Gasteiger partial charge in [-0.15, -0.1) is 0 Å². The summed E-state index contributed by atoms with van der Waals surface area (Å²) >= 11 is 0. The van der Waals surface area contributed by atoms with Gasteiger partial charge in [0.05, 0.1) is 6.54 Å². The molecule has 0 fully saturated rings. The number of H-pyrrole nitrogens is 1. The van der Waals surface area contributed by atoms with Gasteiger partial charge >= 0.3 is 0 Å². The van der Waals surface area contributed by atoms with Crippen molar-refractivity contribution in [2.24, 2.45) is 7.05 Å². The van der Waals surface area contributed by atoms with Crippen molar-refractivity contribution in [3.8, 4) is 0 Å². The van der Waals surface area contributed by atoms with Crippen LogP contribution in [0.2, 0.25) is 0 Å². The molecule has 0 saturated heterocycles. The van der Waals surface area contributed by atoms with E-state index in [-0.39, 0.29) is 0 Å². The molecule has 3 aromatic rings. The lowest BCUT2D eigenvalue weighted by Gasteiger charge is -2.17. The number of nitrogens with zero attached hydrogens (tertiary/aromatic N) is 4. The minimum absolute atomic E-state index is 0.739. The zero-order chi connectivity index (χ0) is 12.5. The average Bonchev–Trinajstić information content (AvgIpc) is 2.98. The molecule has 0 saturated carbocycles. The van der Waals surface area contributed by atoms with Crippen LogP contribution in [-0.2, 0) is 13.6 Å². The summed E-state index contributed by atoms with van der Waals surface area (Å²) in [7, 11) is 4.02. The number of hydrogen-bond donors (Lipinski definition) is 1. The molecule has 0 bridgehead atoms. The maximum atomic E-state index is 4.58. The molecule has 1 N–H and O–H groups in total. The van der Waals surface area contributed by atoms with Gasteiger partial charge in [0.2, 0.25) is 0 Å². The molecule has 0 aliphatic rings. The van der Waals surface area contributed by atoms with Crippen LogP contribution in [-0.4, -0.2) is 26.6 Å². The monoisotopic (exact) mass is 241 g/mol. The van der Waals surface area contributed by atoms with E-state index in [4.69, 9.17) is 0 Å². The van der Waals surface area contributed by atoms with Crippen LogP contribution in [0.3, 0.4) is 0 Å². The summed E-state index contributed by atoms with van der Waals surface area (Å²) in [4.78, 5) is 14.1. The van der Waals surface area contributed by atoms with Gasteiger partial charge in [-0.05, 0) is 18.2 Å². The van der Waals surface area contributed by atoms with E-state index in [9.17, 15) is 0 Å². The highest BCUT2D eigenvalue weighted by Crippen LogP contribution is 2.17. The molecule has 0 radical (unpaired) electrons. The molecule has 3 rings (SSSR count). The van der Waals surface area contributed by atoms with Gasteiger partial charge in [0.15, 0.2) is 0 Å². The molecule has 0 spiro atoms. The Balaban J connectivity index is 1.87. The van der Waals surface area contributed by atoms with E-state index < -0.39 is 0 Å². The van der Waals surface area contributed by atoms with Gasteiger partial charge in [-0.3, -0.25) is 0 Å². The minimum Gasteiger partial charge on any atom is -0.352 e. The maximum Gasteiger partial charge on any atom is 0.139 e. The molecule has 0 aromatic carbocycles. The van der Waals surface area contributed by atoms with Crippen molar-refractivity contribution < 1.29 is 0 Å². The van der Waals surface area contributed by atoms with Crippen LogP contribution in [0.4, 0.5) is 5.82 Å². The number of aromatic amines is 1. The summed E-state index contributed by atoms with van der Waals surface area (Å²) in [6, 6.07) is 6.12. The van der Waals surface area contributed by atoms with Crippen molar-refractivity contribution in [3.63, 3.8) is 0 Å². The number of pyridine rings is 1. The lowest BCUT2D eigenvalue weighted by atomic mass is 10.3. The SMILES string of the molecule is CN(Cc1nccn1C)c1ccc2cc[nH]c2n1. The topological polar surface area (TPSA) is 49.7 Å². The van der Waals surface area contributed by atoms with Gasteiger partial charge in [0.25, 0.3) is 0 Å². The van der Waals surface area contributed by atoms with Crippen LogP contribution in [0.25, 0.3) is 11.0 Å². The van der Waals surface area contributed by atoms with E-state index in [1.807, 2.05) is 49.4 Å². The molecule has 5 nitrogen and oxygen atoms in total. The number of anilines is 1. The molecular formula is C13H15N5. The van der Waals surface area contributed by atoms with E-state index in [1.165, 1.54) is 0 Å². The summed E-state index contributed by atoms with van der Waals surface area (Å²) in [5, 5.41) is 1.13. The third-order valence-electron chi connectivity index (χ3n) is 3.09. The number of aromatic nitrogens is 4. The minimum atomic E-state index is 0.739. The summed E-state index contributed by atoms with van der Waals surface area (Å²) in [6.07, 6.45) is 5.66. The van der Waals surface area contributed by atoms with Crippen molar-refractivity contribution in [2.45, 2.75) is 6.54 Å². The first-order valence-electron chi connectivity index (χ1n) is 5.85. The molecule has 0 amide bonds. The smallest absolute Gasteiger partial charge is 0.139 e. The molecule has 3 aromatic heterocycles. The standard InChI is InChI=1S/C13H15N5/c1-17-8-7-14-12(17)9-18(2)11-4-3-10-5-6-15-13(10)16-11/h3-8H,9H2,1-2H3,(H,15,16). The van der Waals surface area contributed by atoms with Crippen LogP contribution in [0.1, 0.15) is 5.82 Å². The largest absolute Gasteiger partial charge is 0.352 e. The second-order valence-electron chi connectivity index (χ2n) is 4.40. The lowest BCUT2D eigenvalue weighted by molar-refractivity contribution is 0.756. The zero-order valence-corrected chi connectivity index (χ0v) is 10.5. The first kappa shape index (κ1) is 10.8. The van der Waals surface area contributed by atoms with Crippen LogP contribution >= 0.6 is 0 Å². The molecule has 92 valence electrons. The molecule has 0 aliphatic carbocycles. The van der Waals surface area contributed by atoms with Gasteiger partial charge in [-0.1, -0.05) is 0 Å². The van der Waals surface area contributed by atoms with Crippen LogP contribution in [0.5, 0.6) is 0 Å². The van der Waals surface area contributed by atoms with Gasteiger partial charge < -0.3 is 14.5 Å². The van der Waals surface area contributed by atoms with Crippen molar-refractivity contribution in [1.29, 1.82) is 0 Å². The molecule has 0 aliphatic heterocycles. The highest BCUT2D eigenvalue weighted by atomic mass is 15.2. The lowest BCUT2D eigenvalue weighted by Crippen LogP contribution is -2.20. The zero-order valence-electron chi connectivity index (χ0n) is 10.5. The van der Waals surface area contributed by atoms with Gasteiger partial charge in [-0.25, -0.2) is 9.97 Å². The summed E-state index contributed by atoms with van der Waals surface area (Å²) in [6.45, 7) is 0.739. The van der Waals surface area contributed by atoms with E-state index in [1.54, 1.807) is 0 Å². The predicted molar refractivity (Wildman–Crippen MR) is 71.4 cm³/mol. The molecule has 0 unspecified atom stereocenters. The second-order valence-corrected chi connectivity index (χ2v) is 4.40. The molecule has 5 heteroatoms. The normalized spacial score (nSPS) is 11.0. The van der Waals surface area contributed by atoms with Gasteiger partial charge in [0, 0.05) is 38.1 Å². The van der Waals surface area contributed by atoms with E-state index in [0.29, 0.717) is 0 Å². The van der Waals surface area contributed by atoms with Gasteiger partial charge in [-0.2, -0.15) is 0 Å². The Kier molecular flexibility index (Phi) is 2.51. The summed E-state index contributed by atoms with van der Waals surface area (Å²) in [5.41, 5.74) is 0.916. The third kappa shape index (κ3) is 1.84. The van der Waals surface area contributed by atoms with Crippen LogP contribution in [0, 0.1) is 0 Å². The van der Waals surface area contributed by atoms with Crippen molar-refractivity contribution in [3.05, 3.63) is 42.6 Å². The Morgan fingerprint density at radius 2 is 2.22 bits per heavy atom. The highest BCUT2D eigenvalue weighted by molar-refractivity contribution is 5.77. The van der Waals surface area contributed by atoms with Crippen molar-refractivity contribution in [1.82, 2.24) is 19.5 Å². The van der Waals surface area contributed by atoms with Crippen molar-refractivity contribution >= 4 is 16.9 Å².